The zero-order valence-electron chi connectivity index (χ0n) is 17.7. The van der Waals surface area contributed by atoms with Crippen LogP contribution in [0.15, 0.2) is 53.3 Å². The van der Waals surface area contributed by atoms with Crippen LogP contribution in [-0.2, 0) is 24.2 Å². The average molecular weight is 430 g/mol. The van der Waals surface area contributed by atoms with E-state index in [0.29, 0.717) is 30.3 Å². The number of aryl methyl sites for hydroxylation is 2. The Balaban J connectivity index is 1.68. The summed E-state index contributed by atoms with van der Waals surface area (Å²) in [6.45, 7) is 3.92. The summed E-state index contributed by atoms with van der Waals surface area (Å²) in [4.78, 5) is 28.7. The van der Waals surface area contributed by atoms with Crippen LogP contribution in [-0.4, -0.2) is 41.3 Å². The molecule has 0 fully saturated rings. The van der Waals surface area contributed by atoms with E-state index in [1.807, 2.05) is 55.5 Å². The number of carboxylic acids is 1. The van der Waals surface area contributed by atoms with Crippen LogP contribution in [0.5, 0.6) is 0 Å². The van der Waals surface area contributed by atoms with Crippen molar-refractivity contribution in [1.29, 1.82) is 0 Å². The number of carbonyl (C=O) groups is 1. The molecule has 9 nitrogen and oxygen atoms in total. The minimum atomic E-state index is -1.05. The summed E-state index contributed by atoms with van der Waals surface area (Å²) in [6, 6.07) is 15.6. The van der Waals surface area contributed by atoms with E-state index in [4.69, 9.17) is 5.11 Å². The number of benzene rings is 2. The van der Waals surface area contributed by atoms with Crippen LogP contribution in [0.4, 0.5) is 0 Å². The van der Waals surface area contributed by atoms with Crippen LogP contribution in [0.25, 0.3) is 22.5 Å². The van der Waals surface area contributed by atoms with Crippen LogP contribution in [0.3, 0.4) is 0 Å². The first-order valence-corrected chi connectivity index (χ1v) is 10.2. The molecule has 2 aromatic heterocycles. The van der Waals surface area contributed by atoms with Gasteiger partial charge in [-0.3, -0.25) is 14.2 Å². The maximum absolute atomic E-state index is 13.0. The Morgan fingerprint density at radius 3 is 2.44 bits per heavy atom. The molecule has 0 saturated carbocycles. The summed E-state index contributed by atoms with van der Waals surface area (Å²) in [5.74, 6) is 0.0982. The molecule has 2 heterocycles. The van der Waals surface area contributed by atoms with Crippen molar-refractivity contribution in [2.45, 2.75) is 33.2 Å². The number of carboxylic acid groups (broad SMARTS) is 1. The van der Waals surface area contributed by atoms with Crippen molar-refractivity contribution < 1.29 is 9.90 Å². The molecule has 0 amide bonds. The maximum atomic E-state index is 13.0. The maximum Gasteiger partial charge on any atom is 0.308 e. The van der Waals surface area contributed by atoms with Gasteiger partial charge in [0.05, 0.1) is 13.0 Å². The van der Waals surface area contributed by atoms with Gasteiger partial charge in [-0.15, -0.1) is 10.2 Å². The summed E-state index contributed by atoms with van der Waals surface area (Å²) in [5, 5.41) is 23.4. The zero-order chi connectivity index (χ0) is 22.7. The third-order valence-corrected chi connectivity index (χ3v) is 5.31. The van der Waals surface area contributed by atoms with Crippen LogP contribution in [0.1, 0.15) is 29.6 Å². The summed E-state index contributed by atoms with van der Waals surface area (Å²) < 4.78 is 1.56. The van der Waals surface area contributed by atoms with Crippen LogP contribution in [0.2, 0.25) is 0 Å². The van der Waals surface area contributed by atoms with Gasteiger partial charge < -0.3 is 5.11 Å². The number of rotatable bonds is 7. The van der Waals surface area contributed by atoms with Crippen molar-refractivity contribution in [3.63, 3.8) is 0 Å². The van der Waals surface area contributed by atoms with E-state index in [-0.39, 0.29) is 17.5 Å². The quantitative estimate of drug-likeness (QED) is 0.461. The second kappa shape index (κ2) is 8.93. The zero-order valence-corrected chi connectivity index (χ0v) is 17.7. The highest BCUT2D eigenvalue weighted by atomic mass is 16.4. The number of tetrazole rings is 1. The van der Waals surface area contributed by atoms with Gasteiger partial charge in [0, 0.05) is 23.2 Å². The Kier molecular flexibility index (Phi) is 5.89. The lowest BCUT2D eigenvalue weighted by Crippen LogP contribution is -2.31. The van der Waals surface area contributed by atoms with Crippen molar-refractivity contribution in [2.75, 3.05) is 0 Å². The number of H-pyrrole nitrogens is 1. The Hall–Kier alpha value is -4.14. The number of nitrogens with zero attached hydrogens (tertiary/aromatic N) is 5. The molecule has 9 heteroatoms. The fourth-order valence-electron chi connectivity index (χ4n) is 3.72. The molecule has 2 aromatic carbocycles. The molecule has 32 heavy (non-hydrogen) atoms. The van der Waals surface area contributed by atoms with Gasteiger partial charge in [-0.25, -0.2) is 4.98 Å². The third-order valence-electron chi connectivity index (χ3n) is 5.31. The van der Waals surface area contributed by atoms with Crippen LogP contribution in [0, 0.1) is 6.92 Å². The Morgan fingerprint density at radius 2 is 1.81 bits per heavy atom. The molecule has 162 valence electrons. The molecule has 4 aromatic rings. The summed E-state index contributed by atoms with van der Waals surface area (Å²) in [6.07, 6.45) is 0.229. The molecule has 2 N–H and O–H groups in total. The van der Waals surface area contributed by atoms with Gasteiger partial charge in [-0.2, -0.15) is 5.21 Å². The molecule has 0 bridgehead atoms. The number of aromatic amines is 1. The predicted octanol–water partition coefficient (Wildman–Crippen LogP) is 2.64. The number of hydrogen-bond acceptors (Lipinski definition) is 6. The molecule has 0 aliphatic rings. The van der Waals surface area contributed by atoms with Crippen molar-refractivity contribution in [3.05, 3.63) is 81.5 Å². The van der Waals surface area contributed by atoms with Gasteiger partial charge in [-0.05, 0) is 28.8 Å². The number of aliphatic carboxylic acids is 1. The Bertz CT molecular complexity index is 1310. The normalized spacial score (nSPS) is 10.9. The lowest BCUT2D eigenvalue weighted by Gasteiger charge is -2.15. The fourth-order valence-corrected chi connectivity index (χ4v) is 3.72. The van der Waals surface area contributed by atoms with E-state index in [0.717, 1.165) is 22.3 Å². The first-order valence-electron chi connectivity index (χ1n) is 10.2. The topological polar surface area (TPSA) is 127 Å². The molecular formula is C23H22N6O3. The first kappa shape index (κ1) is 21.1. The Labute approximate surface area is 183 Å². The number of hydrogen-bond donors (Lipinski definition) is 2. The molecule has 0 unspecified atom stereocenters. The SMILES string of the molecule is CCc1nc(C)c(CC(=O)O)c(=O)n1Cc1ccc(-c2ccccc2-c2nn[nH]n2)cc1. The largest absolute Gasteiger partial charge is 0.481 e. The minimum absolute atomic E-state index is 0.223. The molecule has 0 saturated heterocycles. The second-order valence-corrected chi connectivity index (χ2v) is 7.39. The average Bonchev–Trinajstić information content (AvgIpc) is 3.33. The van der Waals surface area contributed by atoms with Gasteiger partial charge in [0.2, 0.25) is 5.82 Å². The highest BCUT2D eigenvalue weighted by Crippen LogP contribution is 2.29. The molecule has 0 spiro atoms. The van der Waals surface area contributed by atoms with E-state index in [1.165, 1.54) is 0 Å². The molecule has 0 atom stereocenters. The molecule has 0 aliphatic heterocycles. The second-order valence-electron chi connectivity index (χ2n) is 7.39. The van der Waals surface area contributed by atoms with Crippen molar-refractivity contribution in [2.24, 2.45) is 0 Å². The lowest BCUT2D eigenvalue weighted by molar-refractivity contribution is -0.136. The van der Waals surface area contributed by atoms with Crippen LogP contribution >= 0.6 is 0 Å². The monoisotopic (exact) mass is 430 g/mol. The molecule has 4 rings (SSSR count). The standard InChI is InChI=1S/C23H22N6O3/c1-3-20-24-14(2)19(12-21(30)31)23(32)29(20)13-15-8-10-16(11-9-15)17-6-4-5-7-18(17)22-25-27-28-26-22/h4-11H,3,12-13H2,1-2H3,(H,30,31)(H,25,26,27,28). The van der Waals surface area contributed by atoms with E-state index in [1.54, 1.807) is 11.5 Å². The summed E-state index contributed by atoms with van der Waals surface area (Å²) in [7, 11) is 0. The van der Waals surface area contributed by atoms with E-state index in [2.05, 4.69) is 25.6 Å². The smallest absolute Gasteiger partial charge is 0.308 e. The van der Waals surface area contributed by atoms with E-state index < -0.39 is 5.97 Å². The molecule has 0 aliphatic carbocycles. The van der Waals surface area contributed by atoms with Crippen molar-refractivity contribution in [1.82, 2.24) is 30.2 Å². The third kappa shape index (κ3) is 4.18. The minimum Gasteiger partial charge on any atom is -0.481 e. The molecule has 0 radical (unpaired) electrons. The molecular weight excluding hydrogens is 408 g/mol. The number of aromatic nitrogens is 6. The van der Waals surface area contributed by atoms with Gasteiger partial charge in [0.15, 0.2) is 0 Å². The van der Waals surface area contributed by atoms with Gasteiger partial charge in [0.1, 0.15) is 5.82 Å². The Morgan fingerprint density at radius 1 is 1.09 bits per heavy atom. The highest BCUT2D eigenvalue weighted by molar-refractivity contribution is 5.80. The summed E-state index contributed by atoms with van der Waals surface area (Å²) in [5.41, 5.74) is 4.11. The van der Waals surface area contributed by atoms with E-state index in [9.17, 15) is 9.59 Å². The lowest BCUT2D eigenvalue weighted by atomic mass is 9.98. The van der Waals surface area contributed by atoms with E-state index >= 15 is 0 Å². The van der Waals surface area contributed by atoms with Gasteiger partial charge >= 0.3 is 5.97 Å². The van der Waals surface area contributed by atoms with Crippen molar-refractivity contribution >= 4 is 5.97 Å². The predicted molar refractivity (Wildman–Crippen MR) is 118 cm³/mol. The first-order chi connectivity index (χ1) is 15.5. The van der Waals surface area contributed by atoms with Crippen molar-refractivity contribution in [3.8, 4) is 22.5 Å². The number of nitrogens with one attached hydrogen (secondary N) is 1. The highest BCUT2D eigenvalue weighted by Gasteiger charge is 2.16. The van der Waals surface area contributed by atoms with Gasteiger partial charge in [-0.1, -0.05) is 55.5 Å². The van der Waals surface area contributed by atoms with Crippen LogP contribution < -0.4 is 5.56 Å². The summed E-state index contributed by atoms with van der Waals surface area (Å²) >= 11 is 0. The fraction of sp³-hybridized carbons (Fsp3) is 0.217. The van der Waals surface area contributed by atoms with Gasteiger partial charge in [0.25, 0.3) is 5.56 Å².